The van der Waals surface area contributed by atoms with Gasteiger partial charge in [0.1, 0.15) is 5.60 Å². The number of ether oxygens (including phenoxy) is 1. The van der Waals surface area contributed by atoms with Crippen LogP contribution >= 0.6 is 0 Å². The van der Waals surface area contributed by atoms with Crippen molar-refractivity contribution in [3.63, 3.8) is 0 Å². The van der Waals surface area contributed by atoms with Crippen molar-refractivity contribution < 1.29 is 14.6 Å². The number of carbonyl (C=O) groups is 1. The molecule has 1 atom stereocenters. The molecule has 1 saturated heterocycles. The first-order valence-electron chi connectivity index (χ1n) is 8.07. The first-order chi connectivity index (χ1) is 9.73. The normalized spacial score (nSPS) is 18.9. The summed E-state index contributed by atoms with van der Waals surface area (Å²) in [4.78, 5) is 13.8. The molecule has 5 heteroatoms. The van der Waals surface area contributed by atoms with Crippen molar-refractivity contribution in [3.05, 3.63) is 0 Å². The Hall–Kier alpha value is -0.810. The lowest BCUT2D eigenvalue weighted by atomic mass is 9.87. The number of aliphatic hydroxyl groups excluding tert-OH is 1. The third-order valence-corrected chi connectivity index (χ3v) is 3.75. The Morgan fingerprint density at radius 3 is 2.33 bits per heavy atom. The maximum Gasteiger partial charge on any atom is 0.410 e. The van der Waals surface area contributed by atoms with Gasteiger partial charge in [0, 0.05) is 31.8 Å². The minimum absolute atomic E-state index is 0.205. The quantitative estimate of drug-likeness (QED) is 0.818. The summed E-state index contributed by atoms with van der Waals surface area (Å²) in [5.41, 5.74) is -0.438. The molecule has 0 unspecified atom stereocenters. The molecular weight excluding hydrogens is 268 g/mol. The van der Waals surface area contributed by atoms with Crippen LogP contribution in [0.4, 0.5) is 4.79 Å². The maximum absolute atomic E-state index is 12.0. The molecule has 21 heavy (non-hydrogen) atoms. The smallest absolute Gasteiger partial charge is 0.410 e. The molecule has 1 rings (SSSR count). The average molecular weight is 300 g/mol. The van der Waals surface area contributed by atoms with Crippen molar-refractivity contribution in [1.29, 1.82) is 0 Å². The van der Waals surface area contributed by atoms with Gasteiger partial charge in [0.2, 0.25) is 0 Å². The number of hydrogen-bond acceptors (Lipinski definition) is 4. The minimum Gasteiger partial charge on any atom is -0.444 e. The second-order valence-electron chi connectivity index (χ2n) is 7.24. The number of aliphatic hydroxyl groups is 1. The molecule has 1 fully saturated rings. The van der Waals surface area contributed by atoms with Gasteiger partial charge in [-0.15, -0.1) is 0 Å². The number of nitrogens with one attached hydrogen (secondary N) is 1. The van der Waals surface area contributed by atoms with Gasteiger partial charge in [0.05, 0.1) is 0 Å². The third-order valence-electron chi connectivity index (χ3n) is 3.75. The van der Waals surface area contributed by atoms with E-state index in [0.29, 0.717) is 18.0 Å². The van der Waals surface area contributed by atoms with Crippen molar-refractivity contribution in [2.45, 2.75) is 71.6 Å². The number of nitrogens with zero attached hydrogens (tertiary/aromatic N) is 1. The monoisotopic (exact) mass is 300 g/mol. The van der Waals surface area contributed by atoms with Crippen molar-refractivity contribution in [1.82, 2.24) is 10.2 Å². The molecule has 0 aromatic carbocycles. The zero-order valence-electron chi connectivity index (χ0n) is 14.2. The third kappa shape index (κ3) is 6.66. The molecule has 1 aliphatic rings. The average Bonchev–Trinajstić information content (AvgIpc) is 2.36. The summed E-state index contributed by atoms with van der Waals surface area (Å²) >= 11 is 0. The van der Waals surface area contributed by atoms with E-state index in [1.165, 1.54) is 0 Å². The summed E-state index contributed by atoms with van der Waals surface area (Å²) < 4.78 is 5.42. The minimum atomic E-state index is -0.438. The molecular formula is C16H32N2O3. The highest BCUT2D eigenvalue weighted by molar-refractivity contribution is 5.68. The fourth-order valence-corrected chi connectivity index (χ4v) is 2.83. The van der Waals surface area contributed by atoms with Crippen LogP contribution in [-0.4, -0.2) is 53.5 Å². The highest BCUT2D eigenvalue weighted by Crippen LogP contribution is 2.24. The maximum atomic E-state index is 12.0. The molecule has 124 valence electrons. The largest absolute Gasteiger partial charge is 0.444 e. The lowest BCUT2D eigenvalue weighted by Crippen LogP contribution is -2.48. The van der Waals surface area contributed by atoms with E-state index in [9.17, 15) is 9.90 Å². The molecule has 0 aromatic heterocycles. The van der Waals surface area contributed by atoms with Gasteiger partial charge in [-0.1, -0.05) is 13.8 Å². The zero-order chi connectivity index (χ0) is 16.0. The van der Waals surface area contributed by atoms with Gasteiger partial charge >= 0.3 is 6.09 Å². The number of rotatable bonds is 5. The Balaban J connectivity index is 2.48. The number of hydrogen-bond donors (Lipinski definition) is 2. The highest BCUT2D eigenvalue weighted by atomic mass is 16.6. The summed E-state index contributed by atoms with van der Waals surface area (Å²) in [7, 11) is 0. The summed E-state index contributed by atoms with van der Waals surface area (Å²) in [5.74, 6) is 0.512. The molecule has 2 N–H and O–H groups in total. The Morgan fingerprint density at radius 2 is 1.90 bits per heavy atom. The fraction of sp³-hybridized carbons (Fsp3) is 0.938. The molecule has 5 nitrogen and oxygen atoms in total. The van der Waals surface area contributed by atoms with Gasteiger partial charge < -0.3 is 20.1 Å². The predicted molar refractivity (Wildman–Crippen MR) is 84.3 cm³/mol. The second-order valence-corrected chi connectivity index (χ2v) is 7.24. The van der Waals surface area contributed by atoms with Crippen LogP contribution in [0.5, 0.6) is 0 Å². The Bertz CT molecular complexity index is 318. The van der Waals surface area contributed by atoms with Gasteiger partial charge in [-0.25, -0.2) is 4.79 Å². The summed E-state index contributed by atoms with van der Waals surface area (Å²) in [5, 5.41) is 12.8. The van der Waals surface area contributed by atoms with Crippen molar-refractivity contribution in [3.8, 4) is 0 Å². The molecule has 0 bridgehead atoms. The number of piperidine rings is 1. The molecule has 1 amide bonds. The van der Waals surface area contributed by atoms with E-state index < -0.39 is 5.60 Å². The molecule has 0 radical (unpaired) electrons. The van der Waals surface area contributed by atoms with E-state index in [-0.39, 0.29) is 12.7 Å². The van der Waals surface area contributed by atoms with Gasteiger partial charge in [0.25, 0.3) is 0 Å². The molecule has 0 spiro atoms. The number of likely N-dealkylation sites (tertiary alicyclic amines) is 1. The van der Waals surface area contributed by atoms with Crippen LogP contribution in [0.25, 0.3) is 0 Å². The van der Waals surface area contributed by atoms with E-state index in [0.717, 1.165) is 32.4 Å². The van der Waals surface area contributed by atoms with Crippen molar-refractivity contribution in [2.24, 2.45) is 5.92 Å². The second kappa shape index (κ2) is 7.99. The van der Waals surface area contributed by atoms with E-state index >= 15 is 0 Å². The van der Waals surface area contributed by atoms with Crippen LogP contribution in [-0.2, 0) is 4.74 Å². The Kier molecular flexibility index (Phi) is 6.94. The SMILES string of the molecule is CC(C)N[C@H](CCO)C1CCN(C(=O)OC(C)(C)C)CC1. The van der Waals surface area contributed by atoms with E-state index in [1.54, 1.807) is 4.90 Å². The summed E-state index contributed by atoms with van der Waals surface area (Å²) in [6.07, 6.45) is 2.49. The van der Waals surface area contributed by atoms with Crippen molar-refractivity contribution >= 4 is 6.09 Å². The summed E-state index contributed by atoms with van der Waals surface area (Å²) in [6.45, 7) is 11.6. The topological polar surface area (TPSA) is 61.8 Å². The lowest BCUT2D eigenvalue weighted by molar-refractivity contribution is 0.0162. The lowest BCUT2D eigenvalue weighted by Gasteiger charge is -2.37. The van der Waals surface area contributed by atoms with E-state index in [4.69, 9.17) is 4.74 Å². The van der Waals surface area contributed by atoms with Crippen LogP contribution < -0.4 is 5.32 Å². The first-order valence-corrected chi connectivity index (χ1v) is 8.07. The van der Waals surface area contributed by atoms with Crippen molar-refractivity contribution in [2.75, 3.05) is 19.7 Å². The molecule has 1 aliphatic heterocycles. The van der Waals surface area contributed by atoms with E-state index in [1.807, 2.05) is 20.8 Å². The predicted octanol–water partition coefficient (Wildman–Crippen LogP) is 2.38. The zero-order valence-corrected chi connectivity index (χ0v) is 14.2. The van der Waals surface area contributed by atoms with Gasteiger partial charge in [-0.05, 0) is 46.0 Å². The van der Waals surface area contributed by atoms with Gasteiger partial charge in [-0.3, -0.25) is 0 Å². The first kappa shape index (κ1) is 18.2. The Morgan fingerprint density at radius 1 is 1.33 bits per heavy atom. The van der Waals surface area contributed by atoms with Crippen LogP contribution in [0.3, 0.4) is 0 Å². The van der Waals surface area contributed by atoms with Gasteiger partial charge in [-0.2, -0.15) is 0 Å². The Labute approximate surface area is 129 Å². The molecule has 1 heterocycles. The van der Waals surface area contributed by atoms with Gasteiger partial charge in [0.15, 0.2) is 0 Å². The molecule has 0 saturated carbocycles. The molecule has 0 aliphatic carbocycles. The standard InChI is InChI=1S/C16H32N2O3/c1-12(2)17-14(8-11-19)13-6-9-18(10-7-13)15(20)21-16(3,4)5/h12-14,17,19H,6-11H2,1-5H3/t14-/m1/s1. The van der Waals surface area contributed by atoms with Crippen LogP contribution in [0, 0.1) is 5.92 Å². The number of amides is 1. The van der Waals surface area contributed by atoms with Crippen LogP contribution in [0.15, 0.2) is 0 Å². The molecule has 0 aromatic rings. The summed E-state index contributed by atoms with van der Waals surface area (Å²) in [6, 6.07) is 0.737. The van der Waals surface area contributed by atoms with E-state index in [2.05, 4.69) is 19.2 Å². The number of carbonyl (C=O) groups excluding carboxylic acids is 1. The van der Waals surface area contributed by atoms with Crippen LogP contribution in [0.1, 0.15) is 53.9 Å². The fourth-order valence-electron chi connectivity index (χ4n) is 2.83. The highest BCUT2D eigenvalue weighted by Gasteiger charge is 2.30. The van der Waals surface area contributed by atoms with Crippen LogP contribution in [0.2, 0.25) is 0 Å².